The van der Waals surface area contributed by atoms with E-state index < -0.39 is 10.8 Å². The molecule has 0 saturated heterocycles. The summed E-state index contributed by atoms with van der Waals surface area (Å²) in [6.45, 7) is 4.49. The third-order valence-electron chi connectivity index (χ3n) is 9.37. The molecule has 0 spiro atoms. The Morgan fingerprint density at radius 2 is 0.853 bits per heavy atom. The van der Waals surface area contributed by atoms with Gasteiger partial charge in [-0.25, -0.2) is 0 Å². The molecule has 8 rings (SSSR count). The Hall–Kier alpha value is -3.71. The topological polar surface area (TPSA) is 17.1 Å². The van der Waals surface area contributed by atoms with Crippen molar-refractivity contribution in [2.75, 3.05) is 0 Å². The van der Waals surface area contributed by atoms with Crippen LogP contribution in [0.1, 0.15) is 47.9 Å². The van der Waals surface area contributed by atoms with Gasteiger partial charge < -0.3 is 0 Å². The van der Waals surface area contributed by atoms with Crippen molar-refractivity contribution in [2.24, 2.45) is 0 Å². The number of carbonyl (C=O) groups excluding carboxylic acids is 1. The van der Waals surface area contributed by atoms with E-state index in [1.807, 2.05) is 0 Å². The molecule has 5 aromatic rings. The van der Waals surface area contributed by atoms with Crippen molar-refractivity contribution < 1.29 is 4.79 Å². The highest BCUT2D eigenvalue weighted by molar-refractivity contribution is 6.21. The maximum absolute atomic E-state index is 14.7. The number of rotatable bonds is 0. The summed E-state index contributed by atoms with van der Waals surface area (Å²) in [5.41, 5.74) is 6.63. The Morgan fingerprint density at radius 3 is 1.29 bits per heavy atom. The van der Waals surface area contributed by atoms with Crippen LogP contribution < -0.4 is 0 Å². The fraction of sp³-hybridized carbons (Fsp3) is 0.182. The number of hydrogen-bond acceptors (Lipinski definition) is 1. The summed E-state index contributed by atoms with van der Waals surface area (Å²) in [4.78, 5) is 14.7. The lowest BCUT2D eigenvalue weighted by molar-refractivity contribution is -0.124. The maximum Gasteiger partial charge on any atom is 0.154 e. The fourth-order valence-corrected chi connectivity index (χ4v) is 8.25. The molecule has 0 aromatic heterocycles. The third kappa shape index (κ3) is 1.80. The quantitative estimate of drug-likeness (QED) is 0.228. The van der Waals surface area contributed by atoms with Gasteiger partial charge in [0.15, 0.2) is 5.78 Å². The molecule has 3 aliphatic carbocycles. The zero-order chi connectivity index (χ0) is 22.8. The average molecular weight is 437 g/mol. The van der Waals surface area contributed by atoms with E-state index in [1.165, 1.54) is 54.9 Å². The van der Waals surface area contributed by atoms with E-state index in [2.05, 4.69) is 111 Å². The second-order valence-electron chi connectivity index (χ2n) is 10.7. The molecule has 162 valence electrons. The number of ketones is 1. The lowest BCUT2D eigenvalue weighted by Gasteiger charge is -2.45. The second kappa shape index (κ2) is 5.85. The van der Waals surface area contributed by atoms with Gasteiger partial charge in [-0.1, -0.05) is 97.1 Å². The van der Waals surface area contributed by atoms with E-state index in [0.717, 1.165) is 0 Å². The van der Waals surface area contributed by atoms with Crippen molar-refractivity contribution in [1.82, 2.24) is 0 Å². The van der Waals surface area contributed by atoms with Gasteiger partial charge in [-0.2, -0.15) is 0 Å². The molecule has 0 N–H and O–H groups in total. The van der Waals surface area contributed by atoms with Crippen LogP contribution in [0.4, 0.5) is 0 Å². The van der Waals surface area contributed by atoms with Crippen LogP contribution in [0.25, 0.3) is 32.7 Å². The second-order valence-corrected chi connectivity index (χ2v) is 10.7. The third-order valence-corrected chi connectivity index (χ3v) is 9.37. The van der Waals surface area contributed by atoms with Crippen molar-refractivity contribution in [3.63, 3.8) is 0 Å². The molecule has 0 heterocycles. The van der Waals surface area contributed by atoms with Crippen molar-refractivity contribution in [3.8, 4) is 11.1 Å². The van der Waals surface area contributed by atoms with Crippen LogP contribution in [0.15, 0.2) is 97.1 Å². The molecule has 0 unspecified atom stereocenters. The minimum atomic E-state index is -0.567. The van der Waals surface area contributed by atoms with Crippen molar-refractivity contribution >= 4 is 27.3 Å². The highest BCUT2D eigenvalue weighted by atomic mass is 16.1. The van der Waals surface area contributed by atoms with Crippen LogP contribution in [-0.2, 0) is 15.6 Å². The molecule has 4 atom stereocenters. The van der Waals surface area contributed by atoms with Crippen molar-refractivity contribution in [3.05, 3.63) is 119 Å². The first kappa shape index (κ1) is 18.7. The normalized spacial score (nSPS) is 28.0. The molecule has 1 saturated carbocycles. The summed E-state index contributed by atoms with van der Waals surface area (Å²) in [6, 6.07) is 35.0. The average Bonchev–Trinajstić information content (AvgIpc) is 3.19. The maximum atomic E-state index is 14.7. The number of Topliss-reactive ketones (excluding diaryl/α,β-unsaturated/α-hetero) is 1. The Bertz CT molecular complexity index is 1600. The molecule has 2 bridgehead atoms. The first-order valence-corrected chi connectivity index (χ1v) is 12.3. The van der Waals surface area contributed by atoms with Gasteiger partial charge in [-0.3, -0.25) is 4.79 Å². The van der Waals surface area contributed by atoms with Gasteiger partial charge in [-0.05, 0) is 68.8 Å². The summed E-state index contributed by atoms with van der Waals surface area (Å²) in [6.07, 6.45) is 0. The van der Waals surface area contributed by atoms with Gasteiger partial charge in [0.1, 0.15) is 0 Å². The van der Waals surface area contributed by atoms with E-state index in [0.29, 0.717) is 5.78 Å². The zero-order valence-electron chi connectivity index (χ0n) is 19.3. The molecule has 3 aliphatic rings. The number of benzene rings is 5. The standard InChI is InChI=1S/C33H24O/c1-32-27-23-15-7-3-11-19(23)21-13-5-9-17-25(21)29(27)33(2,31(32)34)30-26-18-10-6-14-22(26)20-12-4-8-16-24(20)28(30)32/h3-18,27,29H,1-2H3/t27-,29-,32+,33+/m0/s1. The number of carbonyl (C=O) groups is 1. The molecule has 0 radical (unpaired) electrons. The minimum absolute atomic E-state index is 0.133. The summed E-state index contributed by atoms with van der Waals surface area (Å²) < 4.78 is 0. The van der Waals surface area contributed by atoms with E-state index >= 15 is 0 Å². The van der Waals surface area contributed by atoms with Gasteiger partial charge in [0.25, 0.3) is 0 Å². The van der Waals surface area contributed by atoms with Crippen LogP contribution in [0, 0.1) is 0 Å². The molecule has 0 amide bonds. The van der Waals surface area contributed by atoms with Crippen LogP contribution in [-0.4, -0.2) is 5.78 Å². The number of fused-ring (bicyclic) bond motifs is 18. The van der Waals surface area contributed by atoms with E-state index in [-0.39, 0.29) is 11.8 Å². The lowest BCUT2D eigenvalue weighted by atomic mass is 9.56. The molecular formula is C33H24O. The van der Waals surface area contributed by atoms with Crippen LogP contribution in [0.3, 0.4) is 0 Å². The Kier molecular flexibility index (Phi) is 3.22. The monoisotopic (exact) mass is 436 g/mol. The highest BCUT2D eigenvalue weighted by Crippen LogP contribution is 2.74. The Morgan fingerprint density at radius 1 is 0.500 bits per heavy atom. The molecule has 1 fully saturated rings. The van der Waals surface area contributed by atoms with Crippen molar-refractivity contribution in [2.45, 2.75) is 36.5 Å². The molecule has 0 aliphatic heterocycles. The van der Waals surface area contributed by atoms with Gasteiger partial charge >= 0.3 is 0 Å². The van der Waals surface area contributed by atoms with E-state index in [4.69, 9.17) is 0 Å². The van der Waals surface area contributed by atoms with E-state index in [1.54, 1.807) is 0 Å². The molecule has 34 heavy (non-hydrogen) atoms. The van der Waals surface area contributed by atoms with Crippen molar-refractivity contribution in [1.29, 1.82) is 0 Å². The van der Waals surface area contributed by atoms with Gasteiger partial charge in [0, 0.05) is 11.8 Å². The van der Waals surface area contributed by atoms with Crippen LogP contribution >= 0.6 is 0 Å². The summed E-state index contributed by atoms with van der Waals surface area (Å²) >= 11 is 0. The Labute approximate surface area is 199 Å². The minimum Gasteiger partial charge on any atom is -0.298 e. The largest absolute Gasteiger partial charge is 0.298 e. The molecule has 1 heteroatoms. The summed E-state index contributed by atoms with van der Waals surface area (Å²) in [7, 11) is 0. The predicted molar refractivity (Wildman–Crippen MR) is 139 cm³/mol. The molecule has 1 nitrogen and oxygen atoms in total. The fourth-order valence-electron chi connectivity index (χ4n) is 8.25. The van der Waals surface area contributed by atoms with E-state index in [9.17, 15) is 4.79 Å². The predicted octanol–water partition coefficient (Wildman–Crippen LogP) is 7.65. The molecular weight excluding hydrogens is 412 g/mol. The van der Waals surface area contributed by atoms with Gasteiger partial charge in [0.2, 0.25) is 0 Å². The molecule has 5 aromatic carbocycles. The highest BCUT2D eigenvalue weighted by Gasteiger charge is 2.73. The Balaban J connectivity index is 1.61. The summed E-state index contributed by atoms with van der Waals surface area (Å²) in [5, 5.41) is 4.99. The van der Waals surface area contributed by atoms with Crippen LogP contribution in [0.2, 0.25) is 0 Å². The SMILES string of the molecule is C[C@]12C(=O)[C@@](C)(c3c1c1ccccc1c1ccccc31)[C@H]1c3ccccc3-c3ccccc3[C@@H]12. The zero-order valence-corrected chi connectivity index (χ0v) is 19.3. The smallest absolute Gasteiger partial charge is 0.154 e. The number of hydrogen-bond donors (Lipinski definition) is 0. The van der Waals surface area contributed by atoms with Gasteiger partial charge in [-0.15, -0.1) is 0 Å². The first-order valence-electron chi connectivity index (χ1n) is 12.3. The van der Waals surface area contributed by atoms with Gasteiger partial charge in [0.05, 0.1) is 10.8 Å². The van der Waals surface area contributed by atoms with Crippen LogP contribution in [0.5, 0.6) is 0 Å². The lowest BCUT2D eigenvalue weighted by Crippen LogP contribution is -2.36. The first-order chi connectivity index (χ1) is 16.6. The summed E-state index contributed by atoms with van der Waals surface area (Å²) in [5.74, 6) is 0.652.